The molecule has 0 bridgehead atoms. The highest BCUT2D eigenvalue weighted by atomic mass is 16.5. The minimum absolute atomic E-state index is 0.0413. The van der Waals surface area contributed by atoms with Crippen molar-refractivity contribution < 1.29 is 14.3 Å². The predicted octanol–water partition coefficient (Wildman–Crippen LogP) is 3.87. The van der Waals surface area contributed by atoms with Gasteiger partial charge in [-0.25, -0.2) is 0 Å². The van der Waals surface area contributed by atoms with Crippen LogP contribution >= 0.6 is 0 Å². The molecule has 2 atom stereocenters. The Balaban J connectivity index is 2.95. The average Bonchev–Trinajstić information content (AvgIpc) is 2.48. The van der Waals surface area contributed by atoms with Gasteiger partial charge < -0.3 is 4.74 Å². The number of ketones is 1. The summed E-state index contributed by atoms with van der Waals surface area (Å²) < 4.78 is 5.13. The summed E-state index contributed by atoms with van der Waals surface area (Å²) in [6, 6.07) is 9.18. The van der Waals surface area contributed by atoms with E-state index < -0.39 is 0 Å². The molecule has 0 fully saturated rings. The fourth-order valence-electron chi connectivity index (χ4n) is 2.51. The highest BCUT2D eigenvalue weighted by Crippen LogP contribution is 2.26. The molecule has 0 radical (unpaired) electrons. The van der Waals surface area contributed by atoms with Crippen molar-refractivity contribution in [2.24, 2.45) is 11.8 Å². The van der Waals surface area contributed by atoms with Gasteiger partial charge in [-0.2, -0.15) is 0 Å². The van der Waals surface area contributed by atoms with Gasteiger partial charge in [-0.05, 0) is 19.8 Å². The van der Waals surface area contributed by atoms with E-state index in [0.29, 0.717) is 25.0 Å². The van der Waals surface area contributed by atoms with E-state index in [9.17, 15) is 9.59 Å². The molecule has 0 aliphatic rings. The Bertz CT molecular complexity index is 425. The van der Waals surface area contributed by atoms with Crippen LogP contribution in [-0.4, -0.2) is 18.4 Å². The molecule has 2 unspecified atom stereocenters. The van der Waals surface area contributed by atoms with E-state index in [1.54, 1.807) is 19.1 Å². The SMILES string of the molecule is CCCC(C(=O)OCC)C(CC)C(=O)c1ccccc1. The lowest BCUT2D eigenvalue weighted by Crippen LogP contribution is -2.31. The number of hydrogen-bond donors (Lipinski definition) is 0. The summed E-state index contributed by atoms with van der Waals surface area (Å²) in [5.74, 6) is -0.834. The number of carbonyl (C=O) groups excluding carboxylic acids is 2. The Morgan fingerprint density at radius 2 is 1.70 bits per heavy atom. The molecular weight excluding hydrogens is 252 g/mol. The smallest absolute Gasteiger partial charge is 0.309 e. The zero-order valence-electron chi connectivity index (χ0n) is 12.6. The Kier molecular flexibility index (Phi) is 6.99. The number of carbonyl (C=O) groups is 2. The predicted molar refractivity (Wildman–Crippen MR) is 79.6 cm³/mol. The zero-order valence-corrected chi connectivity index (χ0v) is 12.6. The first-order valence-electron chi connectivity index (χ1n) is 7.41. The minimum atomic E-state index is -0.336. The molecule has 0 saturated heterocycles. The first-order chi connectivity index (χ1) is 9.65. The first-order valence-corrected chi connectivity index (χ1v) is 7.41. The van der Waals surface area contributed by atoms with Crippen LogP contribution in [0, 0.1) is 11.8 Å². The van der Waals surface area contributed by atoms with Crippen LogP contribution < -0.4 is 0 Å². The quantitative estimate of drug-likeness (QED) is 0.534. The van der Waals surface area contributed by atoms with Crippen LogP contribution in [0.25, 0.3) is 0 Å². The molecule has 0 saturated carbocycles. The second-order valence-electron chi connectivity index (χ2n) is 4.89. The van der Waals surface area contributed by atoms with Crippen molar-refractivity contribution in [2.75, 3.05) is 6.61 Å². The molecule has 0 N–H and O–H groups in total. The Morgan fingerprint density at radius 3 is 2.20 bits per heavy atom. The molecule has 0 aliphatic heterocycles. The standard InChI is InChI=1S/C17H24O3/c1-4-10-15(17(19)20-6-3)14(5-2)16(18)13-11-8-7-9-12-13/h7-9,11-12,14-15H,4-6,10H2,1-3H3. The van der Waals surface area contributed by atoms with E-state index in [2.05, 4.69) is 0 Å². The van der Waals surface area contributed by atoms with Crippen LogP contribution in [0.1, 0.15) is 50.4 Å². The molecule has 0 aliphatic carbocycles. The lowest BCUT2D eigenvalue weighted by molar-refractivity contribution is -0.149. The number of Topliss-reactive ketones (excluding diaryl/α,β-unsaturated/α-hetero) is 1. The molecule has 0 spiro atoms. The second-order valence-corrected chi connectivity index (χ2v) is 4.89. The normalized spacial score (nSPS) is 13.6. The van der Waals surface area contributed by atoms with Gasteiger partial charge in [0.05, 0.1) is 12.5 Å². The van der Waals surface area contributed by atoms with E-state index >= 15 is 0 Å². The molecule has 0 heterocycles. The second kappa shape index (κ2) is 8.51. The third kappa shape index (κ3) is 4.19. The molecule has 110 valence electrons. The van der Waals surface area contributed by atoms with E-state index in [-0.39, 0.29) is 23.6 Å². The van der Waals surface area contributed by atoms with Crippen molar-refractivity contribution in [3.63, 3.8) is 0 Å². The van der Waals surface area contributed by atoms with Gasteiger partial charge in [-0.3, -0.25) is 9.59 Å². The summed E-state index contributed by atoms with van der Waals surface area (Å²) in [5, 5.41) is 0. The molecular formula is C17H24O3. The summed E-state index contributed by atoms with van der Waals surface area (Å²) in [6.07, 6.45) is 2.20. The number of esters is 1. The number of ether oxygens (including phenoxy) is 1. The maximum absolute atomic E-state index is 12.6. The Labute approximate surface area is 121 Å². The van der Waals surface area contributed by atoms with Gasteiger partial charge in [-0.15, -0.1) is 0 Å². The fourth-order valence-corrected chi connectivity index (χ4v) is 2.51. The third-order valence-electron chi connectivity index (χ3n) is 3.51. The van der Waals surface area contributed by atoms with Crippen molar-refractivity contribution in [1.82, 2.24) is 0 Å². The largest absolute Gasteiger partial charge is 0.466 e. The summed E-state index contributed by atoms with van der Waals surface area (Å²) >= 11 is 0. The molecule has 20 heavy (non-hydrogen) atoms. The van der Waals surface area contributed by atoms with Crippen molar-refractivity contribution >= 4 is 11.8 Å². The van der Waals surface area contributed by atoms with Gasteiger partial charge in [0.15, 0.2) is 5.78 Å². The van der Waals surface area contributed by atoms with Crippen LogP contribution in [0.15, 0.2) is 30.3 Å². The fraction of sp³-hybridized carbons (Fsp3) is 0.529. The van der Waals surface area contributed by atoms with Gasteiger partial charge in [0, 0.05) is 11.5 Å². The molecule has 1 rings (SSSR count). The van der Waals surface area contributed by atoms with Gasteiger partial charge in [0.1, 0.15) is 0 Å². The number of benzene rings is 1. The first kappa shape index (κ1) is 16.4. The van der Waals surface area contributed by atoms with Crippen molar-refractivity contribution in [3.05, 3.63) is 35.9 Å². The van der Waals surface area contributed by atoms with Crippen LogP contribution in [0.5, 0.6) is 0 Å². The highest BCUT2D eigenvalue weighted by Gasteiger charge is 2.33. The number of rotatable bonds is 8. The van der Waals surface area contributed by atoms with Crippen LogP contribution in [0.3, 0.4) is 0 Å². The van der Waals surface area contributed by atoms with Crippen LogP contribution in [0.4, 0.5) is 0 Å². The highest BCUT2D eigenvalue weighted by molar-refractivity contribution is 5.99. The molecule has 0 aromatic heterocycles. The van der Waals surface area contributed by atoms with Gasteiger partial charge >= 0.3 is 5.97 Å². The van der Waals surface area contributed by atoms with E-state index in [4.69, 9.17) is 4.74 Å². The van der Waals surface area contributed by atoms with Crippen LogP contribution in [0.2, 0.25) is 0 Å². The monoisotopic (exact) mass is 276 g/mol. The summed E-state index contributed by atoms with van der Waals surface area (Å²) in [4.78, 5) is 24.7. The molecule has 1 aromatic carbocycles. The summed E-state index contributed by atoms with van der Waals surface area (Å²) in [5.41, 5.74) is 0.671. The maximum atomic E-state index is 12.6. The topological polar surface area (TPSA) is 43.4 Å². The third-order valence-corrected chi connectivity index (χ3v) is 3.51. The molecule has 3 heteroatoms. The molecule has 3 nitrogen and oxygen atoms in total. The van der Waals surface area contributed by atoms with E-state index in [0.717, 1.165) is 6.42 Å². The average molecular weight is 276 g/mol. The summed E-state index contributed by atoms with van der Waals surface area (Å²) in [6.45, 7) is 6.12. The number of hydrogen-bond acceptors (Lipinski definition) is 3. The minimum Gasteiger partial charge on any atom is -0.466 e. The van der Waals surface area contributed by atoms with E-state index in [1.165, 1.54) is 0 Å². The maximum Gasteiger partial charge on any atom is 0.309 e. The van der Waals surface area contributed by atoms with Gasteiger partial charge in [0.25, 0.3) is 0 Å². The Hall–Kier alpha value is -1.64. The van der Waals surface area contributed by atoms with Crippen LogP contribution in [-0.2, 0) is 9.53 Å². The van der Waals surface area contributed by atoms with Gasteiger partial charge in [0.2, 0.25) is 0 Å². The molecule has 1 aromatic rings. The zero-order chi connectivity index (χ0) is 15.0. The van der Waals surface area contributed by atoms with E-state index in [1.807, 2.05) is 32.0 Å². The summed E-state index contributed by atoms with van der Waals surface area (Å²) in [7, 11) is 0. The van der Waals surface area contributed by atoms with Crippen molar-refractivity contribution in [2.45, 2.75) is 40.0 Å². The Morgan fingerprint density at radius 1 is 1.05 bits per heavy atom. The lowest BCUT2D eigenvalue weighted by atomic mass is 9.81. The van der Waals surface area contributed by atoms with Gasteiger partial charge in [-0.1, -0.05) is 50.6 Å². The van der Waals surface area contributed by atoms with Crippen molar-refractivity contribution in [1.29, 1.82) is 0 Å². The lowest BCUT2D eigenvalue weighted by Gasteiger charge is -2.23. The van der Waals surface area contributed by atoms with Crippen molar-refractivity contribution in [3.8, 4) is 0 Å². The molecule has 0 amide bonds.